The Balaban J connectivity index is 2.72. The van der Waals surface area contributed by atoms with Crippen LogP contribution in [0.15, 0.2) is 23.1 Å². The number of halogens is 2. The highest BCUT2D eigenvalue weighted by Gasteiger charge is 2.20. The number of hydrogen-bond acceptors (Lipinski definition) is 4. The van der Waals surface area contributed by atoms with Crippen molar-refractivity contribution in [1.29, 1.82) is 0 Å². The summed E-state index contributed by atoms with van der Waals surface area (Å²) in [4.78, 5) is 10.5. The van der Waals surface area contributed by atoms with Crippen molar-refractivity contribution >= 4 is 27.6 Å². The van der Waals surface area contributed by atoms with Crippen LogP contribution in [0, 0.1) is 5.82 Å². The van der Waals surface area contributed by atoms with Crippen LogP contribution in [0.3, 0.4) is 0 Å². The van der Waals surface area contributed by atoms with Gasteiger partial charge in [-0.05, 0) is 19.1 Å². The topological polar surface area (TPSA) is 72.5 Å². The van der Waals surface area contributed by atoms with Crippen LogP contribution in [0.2, 0.25) is 5.02 Å². The number of nitrogens with one attached hydrogen (secondary N) is 1. The summed E-state index contributed by atoms with van der Waals surface area (Å²) >= 11 is 5.50. The molecule has 0 aliphatic carbocycles. The van der Waals surface area contributed by atoms with Gasteiger partial charge in [0, 0.05) is 6.54 Å². The zero-order chi connectivity index (χ0) is 14.5. The molecule has 0 fully saturated rings. The first-order chi connectivity index (χ1) is 8.88. The maximum absolute atomic E-state index is 13.6. The van der Waals surface area contributed by atoms with Crippen LogP contribution in [0.25, 0.3) is 0 Å². The van der Waals surface area contributed by atoms with Gasteiger partial charge in [-0.3, -0.25) is 4.79 Å². The number of esters is 1. The van der Waals surface area contributed by atoms with Gasteiger partial charge in [0.2, 0.25) is 10.0 Å². The van der Waals surface area contributed by atoms with Crippen molar-refractivity contribution in [3.8, 4) is 0 Å². The lowest BCUT2D eigenvalue weighted by atomic mass is 10.3. The highest BCUT2D eigenvalue weighted by molar-refractivity contribution is 7.89. The second-order valence-electron chi connectivity index (χ2n) is 3.50. The molecule has 0 saturated heterocycles. The molecule has 0 unspecified atom stereocenters. The first-order valence-corrected chi connectivity index (χ1v) is 7.34. The molecule has 106 valence electrons. The monoisotopic (exact) mass is 309 g/mol. The summed E-state index contributed by atoms with van der Waals surface area (Å²) in [6.07, 6.45) is -0.130. The van der Waals surface area contributed by atoms with E-state index in [0.29, 0.717) is 0 Å². The van der Waals surface area contributed by atoms with Crippen LogP contribution in [0.5, 0.6) is 0 Å². The molecule has 0 spiro atoms. The van der Waals surface area contributed by atoms with E-state index >= 15 is 0 Å². The summed E-state index contributed by atoms with van der Waals surface area (Å²) in [5.74, 6) is -1.55. The van der Waals surface area contributed by atoms with Crippen LogP contribution in [0.4, 0.5) is 4.39 Å². The molecule has 0 aliphatic rings. The van der Waals surface area contributed by atoms with E-state index in [9.17, 15) is 17.6 Å². The Morgan fingerprint density at radius 3 is 2.79 bits per heavy atom. The van der Waals surface area contributed by atoms with Crippen LogP contribution >= 0.6 is 11.6 Å². The molecule has 5 nitrogen and oxygen atoms in total. The van der Waals surface area contributed by atoms with Gasteiger partial charge in [-0.15, -0.1) is 0 Å². The van der Waals surface area contributed by atoms with Crippen molar-refractivity contribution in [3.05, 3.63) is 29.0 Å². The van der Waals surface area contributed by atoms with Gasteiger partial charge in [0.1, 0.15) is 4.90 Å². The molecule has 1 aromatic rings. The molecule has 0 amide bonds. The molecule has 0 heterocycles. The second kappa shape index (κ2) is 6.83. The largest absolute Gasteiger partial charge is 0.466 e. The predicted molar refractivity (Wildman–Crippen MR) is 67.8 cm³/mol. The molecule has 0 saturated carbocycles. The lowest BCUT2D eigenvalue weighted by Gasteiger charge is -2.08. The third-order valence-corrected chi connectivity index (χ3v) is 3.90. The average Bonchev–Trinajstić information content (AvgIpc) is 2.32. The fourth-order valence-electron chi connectivity index (χ4n) is 1.29. The molecule has 8 heteroatoms. The standard InChI is InChI=1S/C11H13ClFNO4S/c1-2-18-10(15)6-7-14-19(16,17)9-5-3-4-8(12)11(9)13/h3-5,14H,2,6-7H2,1H3. The van der Waals surface area contributed by atoms with Gasteiger partial charge >= 0.3 is 5.97 Å². The van der Waals surface area contributed by atoms with Crippen molar-refractivity contribution in [1.82, 2.24) is 4.72 Å². The molecule has 0 bridgehead atoms. The van der Waals surface area contributed by atoms with Crippen molar-refractivity contribution in [2.24, 2.45) is 0 Å². The van der Waals surface area contributed by atoms with Crippen LogP contribution < -0.4 is 4.72 Å². The normalized spacial score (nSPS) is 11.3. The van der Waals surface area contributed by atoms with Crippen LogP contribution in [-0.4, -0.2) is 27.5 Å². The Hall–Kier alpha value is -1.18. The molecule has 0 atom stereocenters. The summed E-state index contributed by atoms with van der Waals surface area (Å²) in [6, 6.07) is 3.66. The molecule has 19 heavy (non-hydrogen) atoms. The van der Waals surface area contributed by atoms with E-state index in [-0.39, 0.29) is 24.6 Å². The molecule has 1 rings (SSSR count). The average molecular weight is 310 g/mol. The van der Waals surface area contributed by atoms with Gasteiger partial charge in [0.25, 0.3) is 0 Å². The zero-order valence-corrected chi connectivity index (χ0v) is 11.7. The van der Waals surface area contributed by atoms with E-state index < -0.39 is 26.7 Å². The minimum absolute atomic E-state index is 0.130. The lowest BCUT2D eigenvalue weighted by Crippen LogP contribution is -2.27. The SMILES string of the molecule is CCOC(=O)CCNS(=O)(=O)c1cccc(Cl)c1F. The second-order valence-corrected chi connectivity index (χ2v) is 5.65. The van der Waals surface area contributed by atoms with E-state index in [1.807, 2.05) is 0 Å². The summed E-state index contributed by atoms with van der Waals surface area (Å²) in [5, 5.41) is -0.284. The first-order valence-electron chi connectivity index (χ1n) is 5.47. The molecular formula is C11H13ClFNO4S. The summed E-state index contributed by atoms with van der Waals surface area (Å²) in [6.45, 7) is 1.69. The number of benzene rings is 1. The van der Waals surface area contributed by atoms with Crippen molar-refractivity contribution < 1.29 is 22.3 Å². The van der Waals surface area contributed by atoms with Gasteiger partial charge in [-0.2, -0.15) is 0 Å². The minimum Gasteiger partial charge on any atom is -0.466 e. The predicted octanol–water partition coefficient (Wildman–Crippen LogP) is 1.71. The Bertz CT molecular complexity index is 562. The van der Waals surface area contributed by atoms with Crippen LogP contribution in [-0.2, 0) is 19.6 Å². The first kappa shape index (κ1) is 15.9. The fraction of sp³-hybridized carbons (Fsp3) is 0.364. The van der Waals surface area contributed by atoms with Gasteiger partial charge in [-0.25, -0.2) is 17.5 Å². The van der Waals surface area contributed by atoms with Gasteiger partial charge in [0.15, 0.2) is 5.82 Å². The van der Waals surface area contributed by atoms with E-state index in [1.165, 1.54) is 12.1 Å². The van der Waals surface area contributed by atoms with Crippen molar-refractivity contribution in [2.75, 3.05) is 13.2 Å². The van der Waals surface area contributed by atoms with Crippen molar-refractivity contribution in [2.45, 2.75) is 18.2 Å². The summed E-state index contributed by atoms with van der Waals surface area (Å²) in [5.41, 5.74) is 0. The van der Waals surface area contributed by atoms with E-state index in [4.69, 9.17) is 11.6 Å². The maximum atomic E-state index is 13.6. The third kappa shape index (κ3) is 4.45. The van der Waals surface area contributed by atoms with Crippen molar-refractivity contribution in [3.63, 3.8) is 0 Å². The number of rotatable bonds is 6. The van der Waals surface area contributed by atoms with E-state index in [1.54, 1.807) is 6.92 Å². The molecule has 1 aromatic carbocycles. The lowest BCUT2D eigenvalue weighted by molar-refractivity contribution is -0.142. The molecule has 0 radical (unpaired) electrons. The summed E-state index contributed by atoms with van der Waals surface area (Å²) < 4.78 is 43.9. The Labute approximate surface area is 115 Å². The van der Waals surface area contributed by atoms with Gasteiger partial charge in [-0.1, -0.05) is 17.7 Å². The number of sulfonamides is 1. The maximum Gasteiger partial charge on any atom is 0.307 e. The Kier molecular flexibility index (Phi) is 5.71. The van der Waals surface area contributed by atoms with E-state index in [2.05, 4.69) is 9.46 Å². The van der Waals surface area contributed by atoms with Crippen LogP contribution in [0.1, 0.15) is 13.3 Å². The third-order valence-electron chi connectivity index (χ3n) is 2.13. The zero-order valence-electron chi connectivity index (χ0n) is 10.2. The molecule has 0 aromatic heterocycles. The Morgan fingerprint density at radius 2 is 2.16 bits per heavy atom. The summed E-state index contributed by atoms with van der Waals surface area (Å²) in [7, 11) is -4.04. The molecule has 0 aliphatic heterocycles. The number of hydrogen-bond donors (Lipinski definition) is 1. The van der Waals surface area contributed by atoms with Gasteiger partial charge in [0.05, 0.1) is 18.1 Å². The minimum atomic E-state index is -4.04. The number of carbonyl (C=O) groups is 1. The molecular weight excluding hydrogens is 297 g/mol. The fourth-order valence-corrected chi connectivity index (χ4v) is 2.65. The number of ether oxygens (including phenoxy) is 1. The number of carbonyl (C=O) groups excluding carboxylic acids is 1. The quantitative estimate of drug-likeness (QED) is 0.812. The van der Waals surface area contributed by atoms with Gasteiger partial charge < -0.3 is 4.74 Å². The molecule has 1 N–H and O–H groups in total. The van der Waals surface area contributed by atoms with E-state index in [0.717, 1.165) is 6.07 Å². The highest BCUT2D eigenvalue weighted by Crippen LogP contribution is 2.21. The smallest absolute Gasteiger partial charge is 0.307 e. The highest BCUT2D eigenvalue weighted by atomic mass is 35.5. The Morgan fingerprint density at radius 1 is 1.47 bits per heavy atom.